The van der Waals surface area contributed by atoms with Crippen molar-refractivity contribution in [3.8, 4) is 0 Å². The van der Waals surface area contributed by atoms with Gasteiger partial charge in [-0.3, -0.25) is 0 Å². The van der Waals surface area contributed by atoms with Gasteiger partial charge in [0.15, 0.2) is 0 Å². The summed E-state index contributed by atoms with van der Waals surface area (Å²) in [5, 5.41) is 3.97. The Labute approximate surface area is 95.3 Å². The van der Waals surface area contributed by atoms with Gasteiger partial charge in [0.05, 0.1) is 6.04 Å². The highest BCUT2D eigenvalue weighted by molar-refractivity contribution is 5.28. The first kappa shape index (κ1) is 11.1. The lowest BCUT2D eigenvalue weighted by atomic mass is 10.1. The number of hydrogen-bond acceptors (Lipinski definition) is 5. The molecule has 2 heterocycles. The normalized spacial score (nSPS) is 18.4. The van der Waals surface area contributed by atoms with Crippen molar-refractivity contribution in [1.82, 2.24) is 10.1 Å². The molecule has 1 saturated heterocycles. The smallest absolute Gasteiger partial charge is 0.266 e. The molecular formula is C11H18N4O. The lowest BCUT2D eigenvalue weighted by molar-refractivity contribution is 0.354. The third-order valence-electron chi connectivity index (χ3n) is 2.81. The first-order valence-corrected chi connectivity index (χ1v) is 5.76. The summed E-state index contributed by atoms with van der Waals surface area (Å²) >= 11 is 0. The fourth-order valence-corrected chi connectivity index (χ4v) is 1.88. The zero-order valence-corrected chi connectivity index (χ0v) is 9.43. The molecule has 1 aliphatic heterocycles. The van der Waals surface area contributed by atoms with Crippen LogP contribution in [0.2, 0.25) is 0 Å². The minimum absolute atomic E-state index is 0.233. The van der Waals surface area contributed by atoms with E-state index in [2.05, 4.69) is 21.6 Å². The van der Waals surface area contributed by atoms with Crippen molar-refractivity contribution in [3.05, 3.63) is 18.5 Å². The molecule has 2 rings (SSSR count). The number of nitrogens with zero attached hydrogens (tertiary/aromatic N) is 3. The summed E-state index contributed by atoms with van der Waals surface area (Å²) in [6.07, 6.45) is 6.10. The largest absolute Gasteiger partial charge is 0.338 e. The molecule has 0 spiro atoms. The zero-order chi connectivity index (χ0) is 11.4. The second-order valence-electron chi connectivity index (χ2n) is 4.11. The summed E-state index contributed by atoms with van der Waals surface area (Å²) in [5.74, 6) is 1.18. The Hall–Kier alpha value is -1.36. The average molecular weight is 222 g/mol. The summed E-state index contributed by atoms with van der Waals surface area (Å²) in [5.41, 5.74) is 5.86. The molecule has 88 valence electrons. The van der Waals surface area contributed by atoms with E-state index >= 15 is 0 Å². The molecule has 0 aliphatic carbocycles. The Kier molecular flexibility index (Phi) is 3.56. The van der Waals surface area contributed by atoms with Gasteiger partial charge in [-0.25, -0.2) is 0 Å². The van der Waals surface area contributed by atoms with E-state index in [1.165, 1.54) is 19.3 Å². The van der Waals surface area contributed by atoms with Crippen LogP contribution in [0.4, 0.5) is 5.95 Å². The zero-order valence-electron chi connectivity index (χ0n) is 9.43. The minimum atomic E-state index is -0.233. The van der Waals surface area contributed by atoms with Gasteiger partial charge in [-0.1, -0.05) is 6.08 Å². The molecule has 1 aromatic rings. The maximum atomic E-state index is 5.86. The van der Waals surface area contributed by atoms with E-state index in [4.69, 9.17) is 10.3 Å². The predicted molar refractivity (Wildman–Crippen MR) is 62.1 cm³/mol. The first-order chi connectivity index (χ1) is 7.81. The van der Waals surface area contributed by atoms with Crippen LogP contribution in [0.5, 0.6) is 0 Å². The van der Waals surface area contributed by atoms with Gasteiger partial charge in [0.1, 0.15) is 0 Å². The SMILES string of the molecule is C=CCC(N)c1nc(N2CCCCC2)no1. The molecule has 1 unspecified atom stereocenters. The van der Waals surface area contributed by atoms with Gasteiger partial charge in [0.2, 0.25) is 5.89 Å². The van der Waals surface area contributed by atoms with E-state index in [0.29, 0.717) is 18.3 Å². The molecule has 0 amide bonds. The lowest BCUT2D eigenvalue weighted by Gasteiger charge is -2.24. The van der Waals surface area contributed by atoms with Gasteiger partial charge < -0.3 is 15.2 Å². The Morgan fingerprint density at radius 2 is 2.19 bits per heavy atom. The summed E-state index contributed by atoms with van der Waals surface area (Å²) < 4.78 is 5.16. The van der Waals surface area contributed by atoms with Crippen molar-refractivity contribution < 1.29 is 4.52 Å². The maximum absolute atomic E-state index is 5.86. The molecule has 2 N–H and O–H groups in total. The molecule has 0 radical (unpaired) electrons. The van der Waals surface area contributed by atoms with Crippen molar-refractivity contribution in [3.63, 3.8) is 0 Å². The molecule has 0 bridgehead atoms. The van der Waals surface area contributed by atoms with Crippen LogP contribution in [0.1, 0.15) is 37.6 Å². The predicted octanol–water partition coefficient (Wildman–Crippen LogP) is 1.64. The highest BCUT2D eigenvalue weighted by Gasteiger charge is 2.19. The van der Waals surface area contributed by atoms with Crippen molar-refractivity contribution in [1.29, 1.82) is 0 Å². The van der Waals surface area contributed by atoms with Crippen molar-refractivity contribution >= 4 is 5.95 Å². The van der Waals surface area contributed by atoms with E-state index < -0.39 is 0 Å². The van der Waals surface area contributed by atoms with Crippen LogP contribution in [0, 0.1) is 0 Å². The molecule has 1 aliphatic rings. The topological polar surface area (TPSA) is 68.2 Å². The standard InChI is InChI=1S/C11H18N4O/c1-2-6-9(12)10-13-11(14-16-10)15-7-4-3-5-8-15/h2,9H,1,3-8,12H2. The minimum Gasteiger partial charge on any atom is -0.338 e. The fourth-order valence-electron chi connectivity index (χ4n) is 1.88. The Bertz CT molecular complexity index is 344. The average Bonchev–Trinajstić information content (AvgIpc) is 2.80. The summed E-state index contributed by atoms with van der Waals surface area (Å²) in [4.78, 5) is 6.48. The highest BCUT2D eigenvalue weighted by Crippen LogP contribution is 2.19. The third kappa shape index (κ3) is 2.41. The van der Waals surface area contributed by atoms with Gasteiger partial charge in [0, 0.05) is 13.1 Å². The van der Waals surface area contributed by atoms with Crippen LogP contribution in [0.3, 0.4) is 0 Å². The number of aromatic nitrogens is 2. The second-order valence-corrected chi connectivity index (χ2v) is 4.11. The molecule has 5 nitrogen and oxygen atoms in total. The third-order valence-corrected chi connectivity index (χ3v) is 2.81. The van der Waals surface area contributed by atoms with Crippen LogP contribution in [0.15, 0.2) is 17.2 Å². The van der Waals surface area contributed by atoms with E-state index in [-0.39, 0.29) is 6.04 Å². The number of rotatable bonds is 4. The second kappa shape index (κ2) is 5.12. The molecule has 1 fully saturated rings. The van der Waals surface area contributed by atoms with Crippen molar-refractivity contribution in [2.75, 3.05) is 18.0 Å². The Morgan fingerprint density at radius 1 is 1.44 bits per heavy atom. The van der Waals surface area contributed by atoms with E-state index in [1.807, 2.05) is 0 Å². The van der Waals surface area contributed by atoms with Crippen LogP contribution in [-0.2, 0) is 0 Å². The van der Waals surface area contributed by atoms with Gasteiger partial charge in [-0.15, -0.1) is 6.58 Å². The van der Waals surface area contributed by atoms with Crippen molar-refractivity contribution in [2.24, 2.45) is 5.73 Å². The number of nitrogens with two attached hydrogens (primary N) is 1. The van der Waals surface area contributed by atoms with E-state index in [9.17, 15) is 0 Å². The molecule has 1 atom stereocenters. The number of hydrogen-bond donors (Lipinski definition) is 1. The van der Waals surface area contributed by atoms with Crippen LogP contribution in [0.25, 0.3) is 0 Å². The molecule has 16 heavy (non-hydrogen) atoms. The van der Waals surface area contributed by atoms with Crippen molar-refractivity contribution in [2.45, 2.75) is 31.7 Å². The molecule has 5 heteroatoms. The summed E-state index contributed by atoms with van der Waals surface area (Å²) in [6, 6.07) is -0.233. The fraction of sp³-hybridized carbons (Fsp3) is 0.636. The van der Waals surface area contributed by atoms with E-state index in [1.54, 1.807) is 6.08 Å². The van der Waals surface area contributed by atoms with E-state index in [0.717, 1.165) is 13.1 Å². The van der Waals surface area contributed by atoms with Gasteiger partial charge in [-0.2, -0.15) is 4.98 Å². The Morgan fingerprint density at radius 3 is 2.88 bits per heavy atom. The lowest BCUT2D eigenvalue weighted by Crippen LogP contribution is -2.30. The molecule has 0 saturated carbocycles. The molecule has 1 aromatic heterocycles. The van der Waals surface area contributed by atoms with Gasteiger partial charge in [0.25, 0.3) is 5.95 Å². The molecule has 0 aromatic carbocycles. The summed E-state index contributed by atoms with van der Waals surface area (Å²) in [6.45, 7) is 5.66. The molecular weight excluding hydrogens is 204 g/mol. The Balaban J connectivity index is 2.03. The van der Waals surface area contributed by atoms with Crippen LogP contribution in [-0.4, -0.2) is 23.2 Å². The number of piperidine rings is 1. The quantitative estimate of drug-likeness (QED) is 0.784. The van der Waals surface area contributed by atoms with Crippen LogP contribution < -0.4 is 10.6 Å². The first-order valence-electron chi connectivity index (χ1n) is 5.76. The number of anilines is 1. The van der Waals surface area contributed by atoms with Gasteiger partial charge in [-0.05, 0) is 30.8 Å². The highest BCUT2D eigenvalue weighted by atomic mass is 16.5. The summed E-state index contributed by atoms with van der Waals surface area (Å²) in [7, 11) is 0. The van der Waals surface area contributed by atoms with Crippen LogP contribution >= 0.6 is 0 Å². The monoisotopic (exact) mass is 222 g/mol. The maximum Gasteiger partial charge on any atom is 0.266 e. The van der Waals surface area contributed by atoms with Gasteiger partial charge >= 0.3 is 0 Å².